The van der Waals surface area contributed by atoms with Crippen LogP contribution in [0.1, 0.15) is 72.9 Å². The Balaban J connectivity index is 1.70. The molecule has 2 fully saturated rings. The van der Waals surface area contributed by atoms with Crippen molar-refractivity contribution >= 4 is 11.7 Å². The monoisotopic (exact) mass is 341 g/mol. The van der Waals surface area contributed by atoms with Crippen molar-refractivity contribution in [2.45, 2.75) is 64.0 Å². The maximum Gasteiger partial charge on any atom is 0.255 e. The van der Waals surface area contributed by atoms with Crippen LogP contribution in [0.3, 0.4) is 0 Å². The highest BCUT2D eigenvalue weighted by Gasteiger charge is 2.42. The van der Waals surface area contributed by atoms with E-state index in [-0.39, 0.29) is 23.4 Å². The average molecular weight is 341 g/mol. The van der Waals surface area contributed by atoms with E-state index in [1.54, 1.807) is 11.0 Å². The molecule has 2 saturated carbocycles. The molecule has 2 aliphatic carbocycles. The molecule has 0 saturated heterocycles. The van der Waals surface area contributed by atoms with Crippen molar-refractivity contribution in [1.29, 1.82) is 0 Å². The van der Waals surface area contributed by atoms with Crippen LogP contribution in [0.4, 0.5) is 4.39 Å². The molecule has 132 valence electrons. The Labute approximate surface area is 147 Å². The Bertz CT molecular complexity index is 763. The van der Waals surface area contributed by atoms with Crippen molar-refractivity contribution in [3.05, 3.63) is 46.8 Å². The number of carbonyl (C=O) groups is 2. The predicted octanol–water partition coefficient (Wildman–Crippen LogP) is 4.36. The number of amides is 1. The van der Waals surface area contributed by atoms with Crippen molar-refractivity contribution in [2.24, 2.45) is 5.92 Å². The van der Waals surface area contributed by atoms with Crippen LogP contribution in [0, 0.1) is 11.7 Å². The molecule has 1 aromatic carbocycles. The van der Waals surface area contributed by atoms with Crippen LogP contribution in [-0.4, -0.2) is 22.6 Å². The summed E-state index contributed by atoms with van der Waals surface area (Å²) >= 11 is 0. The van der Waals surface area contributed by atoms with Gasteiger partial charge in [0.25, 0.3) is 5.91 Å². The molecule has 4 rings (SSSR count). The first-order valence-electron chi connectivity index (χ1n) is 9.28. The number of carbonyl (C=O) groups excluding carboxylic acids is 2. The first-order chi connectivity index (χ1) is 12.0. The van der Waals surface area contributed by atoms with Crippen LogP contribution < -0.4 is 0 Å². The second kappa shape index (κ2) is 6.08. The molecule has 25 heavy (non-hydrogen) atoms. The highest BCUT2D eigenvalue weighted by atomic mass is 19.1. The van der Waals surface area contributed by atoms with Crippen molar-refractivity contribution in [1.82, 2.24) is 4.90 Å². The third kappa shape index (κ3) is 2.72. The van der Waals surface area contributed by atoms with Crippen LogP contribution in [0.25, 0.3) is 0 Å². The van der Waals surface area contributed by atoms with E-state index in [0.29, 0.717) is 24.4 Å². The molecule has 3 aliphatic rings. The fraction of sp³-hybridized carbons (Fsp3) is 0.524. The van der Waals surface area contributed by atoms with Gasteiger partial charge in [0.15, 0.2) is 5.78 Å². The van der Waals surface area contributed by atoms with Crippen molar-refractivity contribution < 1.29 is 14.0 Å². The second-order valence-corrected chi connectivity index (χ2v) is 7.95. The number of allylic oxidation sites excluding steroid dienone is 1. The summed E-state index contributed by atoms with van der Waals surface area (Å²) in [6, 6.07) is 2.55. The van der Waals surface area contributed by atoms with E-state index in [4.69, 9.17) is 0 Å². The van der Waals surface area contributed by atoms with Crippen LogP contribution in [0.2, 0.25) is 0 Å². The number of nitrogens with zero attached hydrogens (tertiary/aromatic N) is 1. The number of Topliss-reactive ketones (excluding diaryl/α,β-unsaturated/α-hetero) is 1. The van der Waals surface area contributed by atoms with Crippen LogP contribution in [0.15, 0.2) is 24.3 Å². The molecule has 0 spiro atoms. The number of benzene rings is 1. The molecule has 2 unspecified atom stereocenters. The van der Waals surface area contributed by atoms with Gasteiger partial charge >= 0.3 is 0 Å². The Morgan fingerprint density at radius 3 is 2.60 bits per heavy atom. The van der Waals surface area contributed by atoms with Gasteiger partial charge in [0, 0.05) is 18.5 Å². The SMILES string of the molecule is C=C1CC(=O)C(N2Cc3c(cc(F)cc3C3CCCC3)C2=O)C(C)C1. The Morgan fingerprint density at radius 2 is 1.92 bits per heavy atom. The predicted molar refractivity (Wildman–Crippen MR) is 93.8 cm³/mol. The summed E-state index contributed by atoms with van der Waals surface area (Å²) in [5.41, 5.74) is 3.34. The summed E-state index contributed by atoms with van der Waals surface area (Å²) in [5, 5.41) is 0. The molecule has 1 aromatic rings. The van der Waals surface area contributed by atoms with E-state index in [9.17, 15) is 14.0 Å². The quantitative estimate of drug-likeness (QED) is 0.750. The lowest BCUT2D eigenvalue weighted by atomic mass is 9.81. The molecule has 1 amide bonds. The first-order valence-corrected chi connectivity index (χ1v) is 9.28. The maximum atomic E-state index is 14.2. The van der Waals surface area contributed by atoms with Crippen LogP contribution in [0.5, 0.6) is 0 Å². The van der Waals surface area contributed by atoms with E-state index >= 15 is 0 Å². The third-order valence-corrected chi connectivity index (χ3v) is 6.10. The topological polar surface area (TPSA) is 37.4 Å². The second-order valence-electron chi connectivity index (χ2n) is 7.95. The normalized spacial score (nSPS) is 27.3. The lowest BCUT2D eigenvalue weighted by molar-refractivity contribution is -0.125. The molecule has 4 heteroatoms. The summed E-state index contributed by atoms with van der Waals surface area (Å²) in [5.74, 6) is -0.0604. The van der Waals surface area contributed by atoms with Gasteiger partial charge in [-0.1, -0.05) is 31.9 Å². The lowest BCUT2D eigenvalue weighted by Crippen LogP contribution is -2.47. The van der Waals surface area contributed by atoms with Crippen LogP contribution >= 0.6 is 0 Å². The van der Waals surface area contributed by atoms with Crippen molar-refractivity contribution in [3.8, 4) is 0 Å². The zero-order chi connectivity index (χ0) is 17.7. The molecule has 0 bridgehead atoms. The average Bonchev–Trinajstić information content (AvgIpc) is 3.16. The molecule has 2 atom stereocenters. The Kier molecular flexibility index (Phi) is 4.01. The van der Waals surface area contributed by atoms with Gasteiger partial charge in [0.1, 0.15) is 5.82 Å². The fourth-order valence-electron chi connectivity index (χ4n) is 5.04. The van der Waals surface area contributed by atoms with E-state index in [1.807, 2.05) is 6.92 Å². The van der Waals surface area contributed by atoms with Gasteiger partial charge in [-0.3, -0.25) is 9.59 Å². The van der Waals surface area contributed by atoms with E-state index < -0.39 is 6.04 Å². The smallest absolute Gasteiger partial charge is 0.255 e. The molecular weight excluding hydrogens is 317 g/mol. The van der Waals surface area contributed by atoms with Gasteiger partial charge < -0.3 is 4.90 Å². The van der Waals surface area contributed by atoms with Gasteiger partial charge in [-0.2, -0.15) is 0 Å². The summed E-state index contributed by atoms with van der Waals surface area (Å²) < 4.78 is 14.2. The molecule has 0 N–H and O–H groups in total. The van der Waals surface area contributed by atoms with E-state index in [0.717, 1.165) is 48.8 Å². The minimum absolute atomic E-state index is 0.0618. The van der Waals surface area contributed by atoms with Gasteiger partial charge in [0.2, 0.25) is 0 Å². The number of halogens is 1. The molecule has 1 heterocycles. The highest BCUT2D eigenvalue weighted by Crippen LogP contribution is 2.41. The number of rotatable bonds is 2. The minimum atomic E-state index is -0.412. The third-order valence-electron chi connectivity index (χ3n) is 6.10. The molecule has 3 nitrogen and oxygen atoms in total. The van der Waals surface area contributed by atoms with Crippen molar-refractivity contribution in [2.75, 3.05) is 0 Å². The van der Waals surface area contributed by atoms with Crippen molar-refractivity contribution in [3.63, 3.8) is 0 Å². The lowest BCUT2D eigenvalue weighted by Gasteiger charge is -2.35. The summed E-state index contributed by atoms with van der Waals surface area (Å²) in [4.78, 5) is 27.2. The summed E-state index contributed by atoms with van der Waals surface area (Å²) in [6.45, 7) is 6.38. The Hall–Kier alpha value is -1.97. The zero-order valence-corrected chi connectivity index (χ0v) is 14.7. The fourth-order valence-corrected chi connectivity index (χ4v) is 5.04. The van der Waals surface area contributed by atoms with Gasteiger partial charge in [-0.05, 0) is 54.4 Å². The number of fused-ring (bicyclic) bond motifs is 1. The summed E-state index contributed by atoms with van der Waals surface area (Å²) in [6.07, 6.45) is 5.55. The largest absolute Gasteiger partial charge is 0.324 e. The summed E-state index contributed by atoms with van der Waals surface area (Å²) in [7, 11) is 0. The van der Waals surface area contributed by atoms with E-state index in [1.165, 1.54) is 6.07 Å². The van der Waals surface area contributed by atoms with Gasteiger partial charge in [-0.15, -0.1) is 0 Å². The molecule has 0 aromatic heterocycles. The molecule has 0 radical (unpaired) electrons. The van der Waals surface area contributed by atoms with E-state index in [2.05, 4.69) is 6.58 Å². The Morgan fingerprint density at radius 1 is 1.20 bits per heavy atom. The molecular formula is C21H24FNO2. The van der Waals surface area contributed by atoms with Gasteiger partial charge in [-0.25, -0.2) is 4.39 Å². The highest BCUT2D eigenvalue weighted by molar-refractivity contribution is 6.02. The number of ketones is 1. The van der Waals surface area contributed by atoms with Crippen LogP contribution in [-0.2, 0) is 11.3 Å². The van der Waals surface area contributed by atoms with Gasteiger partial charge in [0.05, 0.1) is 6.04 Å². The maximum absolute atomic E-state index is 14.2. The minimum Gasteiger partial charge on any atom is -0.324 e. The first kappa shape index (κ1) is 16.5. The number of hydrogen-bond donors (Lipinski definition) is 0. The zero-order valence-electron chi connectivity index (χ0n) is 14.7. The standard InChI is InChI=1S/C21H24FNO2/c1-12-7-13(2)20(19(24)8-12)23-11-18-16(14-5-3-4-6-14)9-15(22)10-17(18)21(23)25/h9-10,13-14,20H,1,3-8,11H2,2H3. The number of hydrogen-bond acceptors (Lipinski definition) is 2. The molecule has 1 aliphatic heterocycles.